The summed E-state index contributed by atoms with van der Waals surface area (Å²) < 4.78 is 20.5. The van der Waals surface area contributed by atoms with Crippen LogP contribution in [0.3, 0.4) is 0 Å². The molecule has 0 spiro atoms. The van der Waals surface area contributed by atoms with Gasteiger partial charge in [-0.15, -0.1) is 0 Å². The van der Waals surface area contributed by atoms with Crippen molar-refractivity contribution in [1.82, 2.24) is 14.5 Å². The Hall–Kier alpha value is -3.06. The predicted octanol–water partition coefficient (Wildman–Crippen LogP) is 5.42. The Labute approximate surface area is 200 Å². The fourth-order valence-electron chi connectivity index (χ4n) is 4.25. The van der Waals surface area contributed by atoms with Gasteiger partial charge in [0.1, 0.15) is 11.6 Å². The molecule has 3 rings (SSSR count). The van der Waals surface area contributed by atoms with Crippen LogP contribution in [0.5, 0.6) is 0 Å². The number of rotatable bonds is 12. The maximum absolute atomic E-state index is 13.7. The lowest BCUT2D eigenvalue weighted by molar-refractivity contribution is -0.135. The Bertz CT molecular complexity index is 1140. The minimum Gasteiger partial charge on any atom is -0.383 e. The van der Waals surface area contributed by atoms with Crippen molar-refractivity contribution in [3.8, 4) is 5.69 Å². The van der Waals surface area contributed by atoms with Crippen LogP contribution in [-0.4, -0.2) is 40.6 Å². The van der Waals surface area contributed by atoms with Gasteiger partial charge in [0, 0.05) is 20.1 Å². The van der Waals surface area contributed by atoms with Gasteiger partial charge < -0.3 is 9.64 Å². The fourth-order valence-corrected chi connectivity index (χ4v) is 4.25. The molecule has 1 amide bonds. The Morgan fingerprint density at radius 3 is 2.50 bits per heavy atom. The highest BCUT2D eigenvalue weighted by molar-refractivity contribution is 5.79. The largest absolute Gasteiger partial charge is 0.383 e. The topological polar surface area (TPSA) is 64.4 Å². The molecule has 1 aromatic heterocycles. The molecule has 0 saturated carbocycles. The van der Waals surface area contributed by atoms with Gasteiger partial charge in [-0.1, -0.05) is 45.2 Å². The summed E-state index contributed by atoms with van der Waals surface area (Å²) in [5.41, 5.74) is 0.842. The fraction of sp³-hybridized carbons (Fsp3) is 0.444. The Balaban J connectivity index is 2.13. The third-order valence-corrected chi connectivity index (χ3v) is 6.05. The summed E-state index contributed by atoms with van der Waals surface area (Å²) in [6.07, 6.45) is 5.03. The minimum atomic E-state index is -0.434. The summed E-state index contributed by atoms with van der Waals surface area (Å²) in [4.78, 5) is 33.6. The van der Waals surface area contributed by atoms with Gasteiger partial charge in [0.15, 0.2) is 0 Å². The zero-order valence-electron chi connectivity index (χ0n) is 20.3. The lowest BCUT2D eigenvalue weighted by Crippen LogP contribution is -2.40. The number of ether oxygens (including phenoxy) is 1. The monoisotopic (exact) mass is 467 g/mol. The van der Waals surface area contributed by atoms with Crippen molar-refractivity contribution >= 4 is 16.8 Å². The molecule has 0 N–H and O–H groups in total. The van der Waals surface area contributed by atoms with Crippen LogP contribution in [-0.2, 0) is 9.53 Å². The van der Waals surface area contributed by atoms with E-state index in [1.807, 2.05) is 13.0 Å². The minimum absolute atomic E-state index is 0.0214. The number of aromatic nitrogens is 2. The van der Waals surface area contributed by atoms with Gasteiger partial charge in [-0.3, -0.25) is 14.2 Å². The van der Waals surface area contributed by atoms with Crippen LogP contribution in [0.25, 0.3) is 16.6 Å². The Morgan fingerprint density at radius 2 is 1.82 bits per heavy atom. The van der Waals surface area contributed by atoms with Gasteiger partial charge >= 0.3 is 0 Å². The first kappa shape index (κ1) is 25.6. The molecule has 34 heavy (non-hydrogen) atoms. The number of benzene rings is 2. The van der Waals surface area contributed by atoms with Crippen LogP contribution >= 0.6 is 0 Å². The lowest BCUT2D eigenvalue weighted by Gasteiger charge is -2.32. The van der Waals surface area contributed by atoms with E-state index in [0.717, 1.165) is 25.7 Å². The average molecular weight is 468 g/mol. The molecule has 0 aliphatic rings. The summed E-state index contributed by atoms with van der Waals surface area (Å²) in [5.74, 6) is 0.104. The standard InChI is InChI=1S/C27H34FN3O3/c1-4-6-7-8-13-25(32)30(18-19-34-3)24(5-2)26-29-23-12-10-9-11-22(23)27(33)31(26)21-16-14-20(28)15-17-21/h9-12,14-17,24H,4-8,13,18-19H2,1-3H3. The SMILES string of the molecule is CCCCCCC(=O)N(CCOC)C(CC)c1nc2ccccc2c(=O)n1-c1ccc(F)cc1. The molecule has 7 heteroatoms. The number of hydrogen-bond acceptors (Lipinski definition) is 4. The van der Waals surface area contributed by atoms with Crippen LogP contribution in [0.15, 0.2) is 53.3 Å². The quantitative estimate of drug-likeness (QED) is 0.334. The second-order valence-electron chi connectivity index (χ2n) is 8.42. The molecule has 182 valence electrons. The van der Waals surface area contributed by atoms with Crippen molar-refractivity contribution in [1.29, 1.82) is 0 Å². The molecule has 3 aromatic rings. The average Bonchev–Trinajstić information content (AvgIpc) is 2.85. The van der Waals surface area contributed by atoms with Crippen LogP contribution in [0.1, 0.15) is 64.2 Å². The molecule has 1 atom stereocenters. The van der Waals surface area contributed by atoms with Crippen molar-refractivity contribution in [3.63, 3.8) is 0 Å². The van der Waals surface area contributed by atoms with Crippen LogP contribution < -0.4 is 5.56 Å². The number of carbonyl (C=O) groups is 1. The Kier molecular flexibility index (Phi) is 9.33. The highest BCUT2D eigenvalue weighted by Gasteiger charge is 2.28. The highest BCUT2D eigenvalue weighted by atomic mass is 19.1. The van der Waals surface area contributed by atoms with E-state index < -0.39 is 6.04 Å². The number of nitrogens with zero attached hydrogens (tertiary/aromatic N) is 3. The lowest BCUT2D eigenvalue weighted by atomic mass is 10.1. The number of carbonyl (C=O) groups excluding carboxylic acids is 1. The van der Waals surface area contributed by atoms with Gasteiger partial charge in [-0.05, 0) is 49.2 Å². The molecule has 0 fully saturated rings. The van der Waals surface area contributed by atoms with E-state index in [1.54, 1.807) is 42.3 Å². The molecule has 1 unspecified atom stereocenters. The maximum atomic E-state index is 13.7. The number of fused-ring (bicyclic) bond motifs is 1. The van der Waals surface area contributed by atoms with E-state index in [9.17, 15) is 14.0 Å². The first-order valence-electron chi connectivity index (χ1n) is 12.1. The molecule has 0 aliphatic heterocycles. The van der Waals surface area contributed by atoms with Gasteiger partial charge in [0.2, 0.25) is 5.91 Å². The van der Waals surface area contributed by atoms with E-state index in [-0.39, 0.29) is 17.3 Å². The summed E-state index contributed by atoms with van der Waals surface area (Å²) in [6.45, 7) is 4.89. The predicted molar refractivity (Wildman–Crippen MR) is 133 cm³/mol. The molecule has 1 heterocycles. The highest BCUT2D eigenvalue weighted by Crippen LogP contribution is 2.27. The first-order valence-corrected chi connectivity index (χ1v) is 12.1. The second kappa shape index (κ2) is 12.4. The van der Waals surface area contributed by atoms with Gasteiger partial charge in [0.05, 0.1) is 29.2 Å². The van der Waals surface area contributed by atoms with E-state index in [0.29, 0.717) is 48.4 Å². The van der Waals surface area contributed by atoms with Crippen molar-refractivity contribution in [2.45, 2.75) is 58.4 Å². The number of methoxy groups -OCH3 is 1. The molecule has 2 aromatic carbocycles. The van der Waals surface area contributed by atoms with E-state index in [2.05, 4.69) is 6.92 Å². The van der Waals surface area contributed by atoms with Crippen LogP contribution in [0, 0.1) is 5.82 Å². The molecule has 0 aliphatic carbocycles. The summed E-state index contributed by atoms with van der Waals surface area (Å²) >= 11 is 0. The summed E-state index contributed by atoms with van der Waals surface area (Å²) in [5, 5.41) is 0.472. The molecular formula is C27H34FN3O3. The number of hydrogen-bond donors (Lipinski definition) is 0. The van der Waals surface area contributed by atoms with Crippen molar-refractivity contribution < 1.29 is 13.9 Å². The zero-order valence-corrected chi connectivity index (χ0v) is 20.3. The van der Waals surface area contributed by atoms with E-state index >= 15 is 0 Å². The number of para-hydroxylation sites is 1. The molecule has 0 bridgehead atoms. The van der Waals surface area contributed by atoms with E-state index in [4.69, 9.17) is 9.72 Å². The van der Waals surface area contributed by atoms with Crippen molar-refractivity contribution in [3.05, 3.63) is 70.5 Å². The molecule has 6 nitrogen and oxygen atoms in total. The second-order valence-corrected chi connectivity index (χ2v) is 8.42. The molecule has 0 saturated heterocycles. The third-order valence-electron chi connectivity index (χ3n) is 6.05. The van der Waals surface area contributed by atoms with Gasteiger partial charge in [-0.25, -0.2) is 9.37 Å². The normalized spacial score (nSPS) is 12.1. The van der Waals surface area contributed by atoms with Crippen molar-refractivity contribution in [2.75, 3.05) is 20.3 Å². The zero-order chi connectivity index (χ0) is 24.5. The Morgan fingerprint density at radius 1 is 1.09 bits per heavy atom. The van der Waals surface area contributed by atoms with Crippen LogP contribution in [0.2, 0.25) is 0 Å². The third kappa shape index (κ3) is 5.89. The maximum Gasteiger partial charge on any atom is 0.266 e. The van der Waals surface area contributed by atoms with Gasteiger partial charge in [-0.2, -0.15) is 0 Å². The van der Waals surface area contributed by atoms with E-state index in [1.165, 1.54) is 16.7 Å². The number of unbranched alkanes of at least 4 members (excludes halogenated alkanes) is 3. The number of halogens is 1. The smallest absolute Gasteiger partial charge is 0.266 e. The summed E-state index contributed by atoms with van der Waals surface area (Å²) in [7, 11) is 1.60. The van der Waals surface area contributed by atoms with Gasteiger partial charge in [0.25, 0.3) is 5.56 Å². The summed E-state index contributed by atoms with van der Waals surface area (Å²) in [6, 6.07) is 12.5. The number of amides is 1. The van der Waals surface area contributed by atoms with Crippen LogP contribution in [0.4, 0.5) is 4.39 Å². The molecule has 0 radical (unpaired) electrons. The molecular weight excluding hydrogens is 433 g/mol. The first-order chi connectivity index (χ1) is 16.5. The van der Waals surface area contributed by atoms with Crippen molar-refractivity contribution in [2.24, 2.45) is 0 Å².